The first kappa shape index (κ1) is 18.1. The molecule has 0 fully saturated rings. The molecule has 2 aromatic carbocycles. The summed E-state index contributed by atoms with van der Waals surface area (Å²) in [6.07, 6.45) is 1.91. The summed E-state index contributed by atoms with van der Waals surface area (Å²) in [7, 11) is 0. The maximum absolute atomic E-state index is 13.6. The summed E-state index contributed by atoms with van der Waals surface area (Å²) in [6, 6.07) is 12.3. The van der Waals surface area contributed by atoms with E-state index in [1.807, 2.05) is 23.1 Å². The molecule has 0 unspecified atom stereocenters. The number of nitrogens with two attached hydrogens (primary N) is 1. The molecule has 2 aromatic rings. The van der Waals surface area contributed by atoms with Crippen LogP contribution in [0, 0.1) is 5.82 Å². The van der Waals surface area contributed by atoms with Crippen LogP contribution in [0.3, 0.4) is 0 Å². The predicted octanol–water partition coefficient (Wildman–Crippen LogP) is 2.90. The molecule has 1 aliphatic rings. The van der Waals surface area contributed by atoms with Gasteiger partial charge in [-0.25, -0.2) is 4.39 Å². The Kier molecular flexibility index (Phi) is 6.04. The van der Waals surface area contributed by atoms with Gasteiger partial charge in [0.05, 0.1) is 6.54 Å². The third-order valence-corrected chi connectivity index (χ3v) is 4.15. The number of benzene rings is 2. The van der Waals surface area contributed by atoms with Gasteiger partial charge in [-0.3, -0.25) is 4.79 Å². The number of hydrogen-bond acceptors (Lipinski definition) is 3. The third kappa shape index (κ3) is 3.97. The smallest absolute Gasteiger partial charge is 0.239 e. The van der Waals surface area contributed by atoms with Crippen molar-refractivity contribution in [2.24, 2.45) is 0 Å². The molecule has 0 aliphatic carbocycles. The van der Waals surface area contributed by atoms with E-state index in [9.17, 15) is 9.18 Å². The van der Waals surface area contributed by atoms with Gasteiger partial charge in [0.1, 0.15) is 5.82 Å². The van der Waals surface area contributed by atoms with E-state index >= 15 is 0 Å². The van der Waals surface area contributed by atoms with Crippen LogP contribution in [-0.2, 0) is 17.8 Å². The quantitative estimate of drug-likeness (QED) is 0.834. The molecule has 24 heavy (non-hydrogen) atoms. The third-order valence-electron chi connectivity index (χ3n) is 4.15. The highest BCUT2D eigenvalue weighted by Gasteiger charge is 2.20. The van der Waals surface area contributed by atoms with Gasteiger partial charge in [0.25, 0.3) is 0 Å². The minimum atomic E-state index is -0.302. The van der Waals surface area contributed by atoms with E-state index in [1.165, 1.54) is 6.07 Å². The van der Waals surface area contributed by atoms with Crippen molar-refractivity contribution in [3.63, 3.8) is 0 Å². The topological polar surface area (TPSA) is 58.4 Å². The molecule has 128 valence electrons. The first-order chi connectivity index (χ1) is 11.1. The molecule has 0 saturated carbocycles. The highest BCUT2D eigenvalue weighted by atomic mass is 35.5. The minimum absolute atomic E-state index is 0. The molecule has 0 atom stereocenters. The van der Waals surface area contributed by atoms with Gasteiger partial charge in [0, 0.05) is 30.0 Å². The molecular weight excluding hydrogens is 329 g/mol. The number of amides is 1. The summed E-state index contributed by atoms with van der Waals surface area (Å²) < 4.78 is 13.6. The van der Waals surface area contributed by atoms with Crippen LogP contribution in [0.1, 0.15) is 17.5 Å². The minimum Gasteiger partial charge on any atom is -0.398 e. The van der Waals surface area contributed by atoms with Gasteiger partial charge >= 0.3 is 0 Å². The maximum atomic E-state index is 13.6. The molecular formula is C18H21ClFN3O. The lowest BCUT2D eigenvalue weighted by atomic mass is 10.00. The Morgan fingerprint density at radius 2 is 2.00 bits per heavy atom. The Hall–Kier alpha value is -2.27. The van der Waals surface area contributed by atoms with Crippen LogP contribution in [0.15, 0.2) is 42.5 Å². The monoisotopic (exact) mass is 349 g/mol. The maximum Gasteiger partial charge on any atom is 0.239 e. The molecule has 0 spiro atoms. The molecule has 1 heterocycles. The number of rotatable bonds is 4. The van der Waals surface area contributed by atoms with Gasteiger partial charge in [0.15, 0.2) is 0 Å². The van der Waals surface area contributed by atoms with E-state index in [1.54, 1.807) is 18.2 Å². The zero-order valence-corrected chi connectivity index (χ0v) is 14.1. The fraction of sp³-hybridized carbons (Fsp3) is 0.278. The van der Waals surface area contributed by atoms with Crippen molar-refractivity contribution in [2.75, 3.05) is 23.7 Å². The molecule has 0 bridgehead atoms. The van der Waals surface area contributed by atoms with Gasteiger partial charge in [0.2, 0.25) is 5.91 Å². The number of anilines is 2. The lowest BCUT2D eigenvalue weighted by Crippen LogP contribution is -2.39. The Labute approximate surface area is 147 Å². The lowest BCUT2D eigenvalue weighted by Gasteiger charge is -2.31. The summed E-state index contributed by atoms with van der Waals surface area (Å²) in [4.78, 5) is 14.2. The summed E-state index contributed by atoms with van der Waals surface area (Å²) in [5.74, 6) is -0.424. The number of carbonyl (C=O) groups is 1. The molecule has 1 amide bonds. The van der Waals surface area contributed by atoms with Crippen LogP contribution in [0.5, 0.6) is 0 Å². The highest BCUT2D eigenvalue weighted by Crippen LogP contribution is 2.30. The van der Waals surface area contributed by atoms with Crippen LogP contribution in [0.4, 0.5) is 15.8 Å². The average Bonchev–Trinajstić information content (AvgIpc) is 2.55. The van der Waals surface area contributed by atoms with E-state index in [0.717, 1.165) is 36.3 Å². The van der Waals surface area contributed by atoms with Crippen molar-refractivity contribution in [3.05, 3.63) is 59.4 Å². The molecule has 1 aliphatic heterocycles. The van der Waals surface area contributed by atoms with Gasteiger partial charge in [-0.1, -0.05) is 24.3 Å². The van der Waals surface area contributed by atoms with Gasteiger partial charge in [-0.05, 0) is 36.6 Å². The summed E-state index contributed by atoms with van der Waals surface area (Å²) in [6.45, 7) is 1.28. The second-order valence-electron chi connectivity index (χ2n) is 5.74. The van der Waals surface area contributed by atoms with Crippen LogP contribution in [0.2, 0.25) is 0 Å². The van der Waals surface area contributed by atoms with E-state index in [4.69, 9.17) is 5.73 Å². The van der Waals surface area contributed by atoms with Crippen LogP contribution < -0.4 is 16.0 Å². The molecule has 3 N–H and O–H groups in total. The van der Waals surface area contributed by atoms with E-state index in [2.05, 4.69) is 5.32 Å². The largest absolute Gasteiger partial charge is 0.398 e. The van der Waals surface area contributed by atoms with Crippen molar-refractivity contribution in [1.82, 2.24) is 5.32 Å². The van der Waals surface area contributed by atoms with E-state index < -0.39 is 0 Å². The van der Waals surface area contributed by atoms with E-state index in [0.29, 0.717) is 5.56 Å². The molecule has 6 heteroatoms. The molecule has 0 radical (unpaired) electrons. The van der Waals surface area contributed by atoms with Crippen molar-refractivity contribution in [3.8, 4) is 0 Å². The standard InChI is InChI=1S/C18H20FN3O.ClH/c19-15-7-2-1-5-13(15)11-21-18(23)12-22-10-4-6-14-16(20)8-3-9-17(14)22;/h1-3,5,7-9H,4,6,10-12,20H2,(H,21,23);1H. The van der Waals surface area contributed by atoms with Crippen molar-refractivity contribution < 1.29 is 9.18 Å². The second kappa shape index (κ2) is 8.02. The number of nitrogens with one attached hydrogen (secondary N) is 1. The Balaban J connectivity index is 0.00000208. The van der Waals surface area contributed by atoms with Crippen molar-refractivity contribution in [2.45, 2.75) is 19.4 Å². The van der Waals surface area contributed by atoms with Gasteiger partial charge in [-0.2, -0.15) is 0 Å². The summed E-state index contributed by atoms with van der Waals surface area (Å²) in [5, 5.41) is 2.78. The normalized spacial score (nSPS) is 13.0. The van der Waals surface area contributed by atoms with Crippen molar-refractivity contribution in [1.29, 1.82) is 0 Å². The number of carbonyl (C=O) groups excluding carboxylic acids is 1. The number of hydrogen-bond donors (Lipinski definition) is 2. The highest BCUT2D eigenvalue weighted by molar-refractivity contribution is 5.85. The zero-order chi connectivity index (χ0) is 16.2. The molecule has 4 nitrogen and oxygen atoms in total. The first-order valence-electron chi connectivity index (χ1n) is 7.77. The number of nitrogen functional groups attached to an aromatic ring is 1. The van der Waals surface area contributed by atoms with E-state index in [-0.39, 0.29) is 37.2 Å². The summed E-state index contributed by atoms with van der Waals surface area (Å²) >= 11 is 0. The average molecular weight is 350 g/mol. The van der Waals surface area contributed by atoms with Crippen LogP contribution in [0.25, 0.3) is 0 Å². The Morgan fingerprint density at radius 1 is 1.21 bits per heavy atom. The lowest BCUT2D eigenvalue weighted by molar-refractivity contribution is -0.119. The summed E-state index contributed by atoms with van der Waals surface area (Å²) in [5.41, 5.74) is 9.42. The number of nitrogens with zero attached hydrogens (tertiary/aromatic N) is 1. The molecule has 3 rings (SSSR count). The Bertz CT molecular complexity index is 723. The number of fused-ring (bicyclic) bond motifs is 1. The van der Waals surface area contributed by atoms with Crippen LogP contribution >= 0.6 is 12.4 Å². The second-order valence-corrected chi connectivity index (χ2v) is 5.74. The van der Waals surface area contributed by atoms with Crippen LogP contribution in [-0.4, -0.2) is 19.0 Å². The van der Waals surface area contributed by atoms with Crippen molar-refractivity contribution >= 4 is 29.7 Å². The SMILES string of the molecule is Cl.Nc1cccc2c1CCCN2CC(=O)NCc1ccccc1F. The first-order valence-corrected chi connectivity index (χ1v) is 7.77. The molecule has 0 aromatic heterocycles. The van der Waals surface area contributed by atoms with Gasteiger partial charge < -0.3 is 16.0 Å². The zero-order valence-electron chi connectivity index (χ0n) is 13.3. The van der Waals surface area contributed by atoms with Gasteiger partial charge in [-0.15, -0.1) is 12.4 Å². The predicted molar refractivity (Wildman–Crippen MR) is 96.9 cm³/mol. The fourth-order valence-electron chi connectivity index (χ4n) is 2.96. The number of halogens is 2. The molecule has 0 saturated heterocycles. The Morgan fingerprint density at radius 3 is 2.79 bits per heavy atom. The fourth-order valence-corrected chi connectivity index (χ4v) is 2.96.